The van der Waals surface area contributed by atoms with Crippen molar-refractivity contribution in [3.05, 3.63) is 95.6 Å². The molecule has 1 aliphatic carbocycles. The molecule has 7 nitrogen and oxygen atoms in total. The number of benzene rings is 3. The average molecular weight is 459 g/mol. The number of carboxylic acid groups (broad SMARTS) is 1. The van der Waals surface area contributed by atoms with Crippen LogP contribution in [-0.4, -0.2) is 41.8 Å². The van der Waals surface area contributed by atoms with Crippen molar-refractivity contribution in [1.29, 1.82) is 0 Å². The number of alkyl carbamates (subject to hydrolysis) is 1. The van der Waals surface area contributed by atoms with Crippen LogP contribution in [0.3, 0.4) is 0 Å². The minimum atomic E-state index is -1.16. The van der Waals surface area contributed by atoms with Crippen LogP contribution in [0.5, 0.6) is 0 Å². The van der Waals surface area contributed by atoms with E-state index in [9.17, 15) is 14.4 Å². The fourth-order valence-electron chi connectivity index (χ4n) is 4.22. The summed E-state index contributed by atoms with van der Waals surface area (Å²) in [4.78, 5) is 36.6. The van der Waals surface area contributed by atoms with Crippen LogP contribution < -0.4 is 10.6 Å². The molecule has 0 spiro atoms. The Kier molecular flexibility index (Phi) is 6.92. The second kappa shape index (κ2) is 10.2. The molecule has 0 aliphatic heterocycles. The zero-order valence-electron chi connectivity index (χ0n) is 18.7. The van der Waals surface area contributed by atoms with Crippen LogP contribution in [0.25, 0.3) is 11.1 Å². The highest BCUT2D eigenvalue weighted by molar-refractivity contribution is 5.89. The molecule has 2 atom stereocenters. The zero-order chi connectivity index (χ0) is 24.1. The molecule has 174 valence electrons. The first-order chi connectivity index (χ1) is 16.4. The highest BCUT2D eigenvalue weighted by atomic mass is 16.5. The van der Waals surface area contributed by atoms with E-state index in [2.05, 4.69) is 22.8 Å². The predicted molar refractivity (Wildman–Crippen MR) is 127 cm³/mol. The van der Waals surface area contributed by atoms with E-state index in [1.807, 2.05) is 66.7 Å². The maximum absolute atomic E-state index is 12.7. The summed E-state index contributed by atoms with van der Waals surface area (Å²) in [7, 11) is 0. The normalized spacial score (nSPS) is 13.8. The second-order valence-corrected chi connectivity index (χ2v) is 8.28. The smallest absolute Gasteiger partial charge is 0.407 e. The number of fused-ring (bicyclic) bond motifs is 3. The van der Waals surface area contributed by atoms with Crippen molar-refractivity contribution in [2.24, 2.45) is 0 Å². The van der Waals surface area contributed by atoms with Gasteiger partial charge in [0.25, 0.3) is 0 Å². The van der Waals surface area contributed by atoms with Crippen LogP contribution in [0, 0.1) is 0 Å². The molecule has 34 heavy (non-hydrogen) atoms. The molecule has 7 heteroatoms. The quantitative estimate of drug-likeness (QED) is 0.477. The number of rotatable bonds is 8. The number of carboxylic acids is 1. The fraction of sp³-hybridized carbons (Fsp3) is 0.222. The first-order valence-electron chi connectivity index (χ1n) is 11.1. The monoisotopic (exact) mass is 458 g/mol. The second-order valence-electron chi connectivity index (χ2n) is 8.28. The molecule has 0 fully saturated rings. The number of carbonyl (C=O) groups excluding carboxylic acids is 2. The van der Waals surface area contributed by atoms with E-state index in [0.717, 1.165) is 27.8 Å². The van der Waals surface area contributed by atoms with Crippen molar-refractivity contribution in [2.75, 3.05) is 6.61 Å². The number of hydrogen-bond acceptors (Lipinski definition) is 4. The topological polar surface area (TPSA) is 105 Å². The maximum Gasteiger partial charge on any atom is 0.407 e. The SMILES string of the molecule is CC(NC(=O)[C@H](Cc1ccccc1)NC(=O)OCC1c2ccccc2-c2ccccc21)C(=O)O. The molecule has 0 radical (unpaired) electrons. The summed E-state index contributed by atoms with van der Waals surface area (Å²) in [5, 5.41) is 14.2. The van der Waals surface area contributed by atoms with Gasteiger partial charge in [-0.2, -0.15) is 0 Å². The highest BCUT2D eigenvalue weighted by Gasteiger charge is 2.30. The Morgan fingerprint density at radius 1 is 0.853 bits per heavy atom. The standard InChI is InChI=1S/C27H26N2O5/c1-17(26(31)32)28-25(30)24(15-18-9-3-2-4-10-18)29-27(33)34-16-23-21-13-7-5-11-19(21)20-12-6-8-14-22(20)23/h2-14,17,23-24H,15-16H2,1H3,(H,28,30)(H,29,33)(H,31,32)/t17?,24-/m0/s1. The molecule has 0 saturated heterocycles. The van der Waals surface area contributed by atoms with Crippen molar-refractivity contribution in [3.8, 4) is 11.1 Å². The van der Waals surface area contributed by atoms with Gasteiger partial charge in [-0.15, -0.1) is 0 Å². The van der Waals surface area contributed by atoms with Gasteiger partial charge in [0.1, 0.15) is 18.7 Å². The van der Waals surface area contributed by atoms with Crippen molar-refractivity contribution in [3.63, 3.8) is 0 Å². The first-order valence-corrected chi connectivity index (χ1v) is 11.1. The van der Waals surface area contributed by atoms with Gasteiger partial charge in [0, 0.05) is 12.3 Å². The Bertz CT molecular complexity index is 1150. The first kappa shape index (κ1) is 23.0. The van der Waals surface area contributed by atoms with Gasteiger partial charge in [0.2, 0.25) is 5.91 Å². The highest BCUT2D eigenvalue weighted by Crippen LogP contribution is 2.44. The summed E-state index contributed by atoms with van der Waals surface area (Å²) in [5.41, 5.74) is 5.24. The van der Waals surface area contributed by atoms with Crippen molar-refractivity contribution >= 4 is 18.0 Å². The van der Waals surface area contributed by atoms with Crippen molar-refractivity contribution in [1.82, 2.24) is 10.6 Å². The molecule has 3 N–H and O–H groups in total. The third kappa shape index (κ3) is 5.09. The van der Waals surface area contributed by atoms with Gasteiger partial charge in [-0.3, -0.25) is 9.59 Å². The third-order valence-electron chi connectivity index (χ3n) is 5.96. The molecule has 0 saturated carbocycles. The maximum atomic E-state index is 12.7. The summed E-state index contributed by atoms with van der Waals surface area (Å²) in [5.74, 6) is -1.85. The van der Waals surface area contributed by atoms with Gasteiger partial charge in [-0.05, 0) is 34.7 Å². The van der Waals surface area contributed by atoms with Gasteiger partial charge < -0.3 is 20.5 Å². The largest absolute Gasteiger partial charge is 0.480 e. The van der Waals surface area contributed by atoms with Crippen molar-refractivity contribution < 1.29 is 24.2 Å². The summed E-state index contributed by atoms with van der Waals surface area (Å²) in [6.07, 6.45) is -0.538. The van der Waals surface area contributed by atoms with Gasteiger partial charge in [0.15, 0.2) is 0 Å². The van der Waals surface area contributed by atoms with E-state index in [-0.39, 0.29) is 18.9 Å². The average Bonchev–Trinajstić information content (AvgIpc) is 3.16. The van der Waals surface area contributed by atoms with Crippen LogP contribution in [0.1, 0.15) is 29.5 Å². The molecule has 0 heterocycles. The number of carbonyl (C=O) groups is 3. The Balaban J connectivity index is 1.45. The molecule has 1 unspecified atom stereocenters. The summed E-state index contributed by atoms with van der Waals surface area (Å²) in [6.45, 7) is 1.48. The summed E-state index contributed by atoms with van der Waals surface area (Å²) < 4.78 is 5.56. The minimum absolute atomic E-state index is 0.105. The van der Waals surface area contributed by atoms with E-state index < -0.39 is 30.1 Å². The number of nitrogens with one attached hydrogen (secondary N) is 2. The van der Waals surface area contributed by atoms with E-state index in [1.54, 1.807) is 0 Å². The molecular weight excluding hydrogens is 432 g/mol. The number of amides is 2. The number of aliphatic carboxylic acids is 1. The van der Waals surface area contributed by atoms with Gasteiger partial charge in [-0.25, -0.2) is 4.79 Å². The van der Waals surface area contributed by atoms with Crippen LogP contribution in [-0.2, 0) is 20.7 Å². The van der Waals surface area contributed by atoms with E-state index in [4.69, 9.17) is 9.84 Å². The number of ether oxygens (including phenoxy) is 1. The van der Waals surface area contributed by atoms with Gasteiger partial charge in [-0.1, -0.05) is 78.9 Å². The Morgan fingerprint density at radius 2 is 1.41 bits per heavy atom. The molecule has 4 rings (SSSR count). The summed E-state index contributed by atoms with van der Waals surface area (Å²) in [6, 6.07) is 23.2. The van der Waals surface area contributed by atoms with Gasteiger partial charge >= 0.3 is 12.1 Å². The molecule has 0 aromatic heterocycles. The molecule has 3 aromatic rings. The fourth-order valence-corrected chi connectivity index (χ4v) is 4.22. The van der Waals surface area contributed by atoms with Crippen LogP contribution in [0.15, 0.2) is 78.9 Å². The van der Waals surface area contributed by atoms with E-state index >= 15 is 0 Å². The van der Waals surface area contributed by atoms with E-state index in [1.165, 1.54) is 6.92 Å². The predicted octanol–water partition coefficient (Wildman–Crippen LogP) is 3.73. The van der Waals surface area contributed by atoms with Crippen molar-refractivity contribution in [2.45, 2.75) is 31.3 Å². The summed E-state index contributed by atoms with van der Waals surface area (Å²) >= 11 is 0. The lowest BCUT2D eigenvalue weighted by Gasteiger charge is -2.21. The Labute approximate surface area is 197 Å². The van der Waals surface area contributed by atoms with Crippen LogP contribution in [0.4, 0.5) is 4.79 Å². The molecule has 1 aliphatic rings. The van der Waals surface area contributed by atoms with Crippen LogP contribution in [0.2, 0.25) is 0 Å². The number of hydrogen-bond donors (Lipinski definition) is 3. The Hall–Kier alpha value is -4.13. The molecular formula is C27H26N2O5. The lowest BCUT2D eigenvalue weighted by atomic mass is 9.98. The zero-order valence-corrected chi connectivity index (χ0v) is 18.7. The lowest BCUT2D eigenvalue weighted by Crippen LogP contribution is -2.51. The lowest BCUT2D eigenvalue weighted by molar-refractivity contribution is -0.141. The molecule has 3 aromatic carbocycles. The molecule has 0 bridgehead atoms. The Morgan fingerprint density at radius 3 is 2.00 bits per heavy atom. The van der Waals surface area contributed by atoms with Crippen LogP contribution >= 0.6 is 0 Å². The molecule has 2 amide bonds. The minimum Gasteiger partial charge on any atom is -0.480 e. The van der Waals surface area contributed by atoms with Gasteiger partial charge in [0.05, 0.1) is 0 Å². The van der Waals surface area contributed by atoms with E-state index in [0.29, 0.717) is 0 Å². The third-order valence-corrected chi connectivity index (χ3v) is 5.96.